The van der Waals surface area contributed by atoms with E-state index in [9.17, 15) is 4.39 Å². The van der Waals surface area contributed by atoms with E-state index in [1.54, 1.807) is 12.1 Å². The third-order valence-corrected chi connectivity index (χ3v) is 5.23. The van der Waals surface area contributed by atoms with Gasteiger partial charge in [-0.3, -0.25) is 4.90 Å². The molecule has 2 aromatic rings. The Labute approximate surface area is 148 Å². The van der Waals surface area contributed by atoms with Crippen molar-refractivity contribution < 1.29 is 13.9 Å². The highest BCUT2D eigenvalue weighted by molar-refractivity contribution is 5.29. The van der Waals surface area contributed by atoms with E-state index in [0.717, 1.165) is 44.5 Å². The minimum atomic E-state index is -0.707. The molecule has 0 amide bonds. The Hall–Kier alpha value is -1.75. The number of rotatable bonds is 5. The lowest BCUT2D eigenvalue weighted by molar-refractivity contribution is -0.172. The normalized spacial score (nSPS) is 19.7. The minimum absolute atomic E-state index is 0.233. The van der Waals surface area contributed by atoms with Gasteiger partial charge in [-0.1, -0.05) is 36.4 Å². The van der Waals surface area contributed by atoms with Gasteiger partial charge in [0.25, 0.3) is 0 Å². The molecule has 4 heteroatoms. The molecule has 0 spiro atoms. The number of nitrogens with zero attached hydrogens (tertiary/aromatic N) is 1. The minimum Gasteiger partial charge on any atom is -0.343 e. The fourth-order valence-corrected chi connectivity index (χ4v) is 3.89. The predicted molar refractivity (Wildman–Crippen MR) is 94.6 cm³/mol. The van der Waals surface area contributed by atoms with Crippen LogP contribution in [0, 0.1) is 5.82 Å². The monoisotopic (exact) mass is 341 g/mol. The van der Waals surface area contributed by atoms with Crippen molar-refractivity contribution in [1.82, 2.24) is 4.90 Å². The van der Waals surface area contributed by atoms with Gasteiger partial charge in [-0.05, 0) is 42.6 Å². The largest absolute Gasteiger partial charge is 0.343 e. The number of hydrogen-bond donors (Lipinski definition) is 0. The highest BCUT2D eigenvalue weighted by Gasteiger charge is 2.38. The van der Waals surface area contributed by atoms with Gasteiger partial charge in [-0.2, -0.15) is 0 Å². The van der Waals surface area contributed by atoms with Crippen LogP contribution in [0.3, 0.4) is 0 Å². The molecule has 1 fully saturated rings. The van der Waals surface area contributed by atoms with E-state index in [-0.39, 0.29) is 5.82 Å². The molecule has 0 unspecified atom stereocenters. The standard InChI is InChI=1S/C21H24FNO2/c22-20-8-6-19(7-9-20)21(24-14-15-25-21)11-3-12-23-13-10-17-4-1-2-5-18(17)16-23/h1-2,4-9H,3,10-16H2. The smallest absolute Gasteiger partial charge is 0.195 e. The van der Waals surface area contributed by atoms with E-state index in [1.807, 2.05) is 0 Å². The van der Waals surface area contributed by atoms with E-state index >= 15 is 0 Å². The molecule has 2 aliphatic rings. The Morgan fingerprint density at radius 2 is 1.68 bits per heavy atom. The summed E-state index contributed by atoms with van der Waals surface area (Å²) in [6.07, 6.45) is 2.89. The number of hydrogen-bond acceptors (Lipinski definition) is 3. The maximum Gasteiger partial charge on any atom is 0.195 e. The summed E-state index contributed by atoms with van der Waals surface area (Å²) in [4.78, 5) is 2.50. The molecule has 0 aromatic heterocycles. The summed E-state index contributed by atoms with van der Waals surface area (Å²) in [5, 5.41) is 0. The van der Waals surface area contributed by atoms with Crippen LogP contribution < -0.4 is 0 Å². The van der Waals surface area contributed by atoms with E-state index in [4.69, 9.17) is 9.47 Å². The quantitative estimate of drug-likeness (QED) is 0.824. The molecule has 3 nitrogen and oxygen atoms in total. The Morgan fingerprint density at radius 3 is 2.44 bits per heavy atom. The fraction of sp³-hybridized carbons (Fsp3) is 0.429. The molecular weight excluding hydrogens is 317 g/mol. The first kappa shape index (κ1) is 16.7. The fourth-order valence-electron chi connectivity index (χ4n) is 3.89. The average Bonchev–Trinajstić information content (AvgIpc) is 3.12. The van der Waals surface area contributed by atoms with Crippen LogP contribution in [-0.2, 0) is 28.2 Å². The predicted octanol–water partition coefficient (Wildman–Crippen LogP) is 3.86. The van der Waals surface area contributed by atoms with Crippen LogP contribution in [0.5, 0.6) is 0 Å². The average molecular weight is 341 g/mol. The summed E-state index contributed by atoms with van der Waals surface area (Å²) in [5.41, 5.74) is 3.83. The first-order chi connectivity index (χ1) is 12.3. The van der Waals surface area contributed by atoms with Gasteiger partial charge in [0, 0.05) is 25.1 Å². The Kier molecular flexibility index (Phi) is 4.84. The van der Waals surface area contributed by atoms with Crippen LogP contribution in [0.25, 0.3) is 0 Å². The van der Waals surface area contributed by atoms with Gasteiger partial charge in [0.15, 0.2) is 5.79 Å². The summed E-state index contributed by atoms with van der Waals surface area (Å²) in [7, 11) is 0. The molecule has 0 aliphatic carbocycles. The summed E-state index contributed by atoms with van der Waals surface area (Å²) in [6, 6.07) is 15.2. The third-order valence-electron chi connectivity index (χ3n) is 5.23. The number of fused-ring (bicyclic) bond motifs is 1. The SMILES string of the molecule is Fc1ccc(C2(CCCN3CCc4ccccc4C3)OCCO2)cc1. The highest BCUT2D eigenvalue weighted by Crippen LogP contribution is 2.36. The van der Waals surface area contributed by atoms with E-state index in [1.165, 1.54) is 23.3 Å². The third kappa shape index (κ3) is 3.61. The molecule has 2 aliphatic heterocycles. The summed E-state index contributed by atoms with van der Waals surface area (Å²) >= 11 is 0. The number of ether oxygens (including phenoxy) is 2. The van der Waals surface area contributed by atoms with Crippen molar-refractivity contribution in [2.75, 3.05) is 26.3 Å². The molecular formula is C21H24FNO2. The summed E-state index contributed by atoms with van der Waals surface area (Å²) in [5.74, 6) is -0.939. The first-order valence-electron chi connectivity index (χ1n) is 9.08. The first-order valence-corrected chi connectivity index (χ1v) is 9.08. The van der Waals surface area contributed by atoms with Crippen molar-refractivity contribution in [2.24, 2.45) is 0 Å². The number of halogens is 1. The summed E-state index contributed by atoms with van der Waals surface area (Å²) in [6.45, 7) is 4.32. The second kappa shape index (κ2) is 7.24. The molecule has 0 atom stereocenters. The molecule has 0 bridgehead atoms. The highest BCUT2D eigenvalue weighted by atomic mass is 19.1. The van der Waals surface area contributed by atoms with Crippen LogP contribution in [0.15, 0.2) is 48.5 Å². The molecule has 4 rings (SSSR count). The zero-order chi connectivity index (χ0) is 17.1. The van der Waals surface area contributed by atoms with Crippen molar-refractivity contribution >= 4 is 0 Å². The molecule has 132 valence electrons. The second-order valence-corrected chi connectivity index (χ2v) is 6.86. The van der Waals surface area contributed by atoms with Crippen molar-refractivity contribution in [3.63, 3.8) is 0 Å². The zero-order valence-electron chi connectivity index (χ0n) is 14.4. The molecule has 25 heavy (non-hydrogen) atoms. The molecule has 0 radical (unpaired) electrons. The molecule has 0 saturated carbocycles. The van der Waals surface area contributed by atoms with Crippen LogP contribution >= 0.6 is 0 Å². The van der Waals surface area contributed by atoms with Crippen molar-refractivity contribution in [3.05, 3.63) is 71.0 Å². The molecule has 1 saturated heterocycles. The van der Waals surface area contributed by atoms with E-state index in [2.05, 4.69) is 29.2 Å². The Morgan fingerprint density at radius 1 is 0.960 bits per heavy atom. The second-order valence-electron chi connectivity index (χ2n) is 6.86. The van der Waals surface area contributed by atoms with Gasteiger partial charge in [0.2, 0.25) is 0 Å². The molecule has 0 N–H and O–H groups in total. The molecule has 2 aromatic carbocycles. The Balaban J connectivity index is 1.37. The van der Waals surface area contributed by atoms with Crippen LogP contribution in [0.2, 0.25) is 0 Å². The maximum atomic E-state index is 13.2. The topological polar surface area (TPSA) is 21.7 Å². The van der Waals surface area contributed by atoms with Crippen LogP contribution in [0.4, 0.5) is 4.39 Å². The summed E-state index contributed by atoms with van der Waals surface area (Å²) < 4.78 is 25.1. The number of benzene rings is 2. The van der Waals surface area contributed by atoms with Crippen LogP contribution in [0.1, 0.15) is 29.5 Å². The van der Waals surface area contributed by atoms with Gasteiger partial charge in [0.05, 0.1) is 13.2 Å². The van der Waals surface area contributed by atoms with Gasteiger partial charge < -0.3 is 9.47 Å². The van der Waals surface area contributed by atoms with E-state index in [0.29, 0.717) is 13.2 Å². The lowest BCUT2D eigenvalue weighted by atomic mass is 9.98. The van der Waals surface area contributed by atoms with Crippen molar-refractivity contribution in [1.29, 1.82) is 0 Å². The van der Waals surface area contributed by atoms with Crippen molar-refractivity contribution in [3.8, 4) is 0 Å². The molecule has 2 heterocycles. The lowest BCUT2D eigenvalue weighted by Gasteiger charge is -2.31. The maximum absolute atomic E-state index is 13.2. The van der Waals surface area contributed by atoms with Gasteiger partial charge in [-0.25, -0.2) is 4.39 Å². The lowest BCUT2D eigenvalue weighted by Crippen LogP contribution is -2.33. The Bertz CT molecular complexity index is 710. The van der Waals surface area contributed by atoms with Gasteiger partial charge >= 0.3 is 0 Å². The van der Waals surface area contributed by atoms with Gasteiger partial charge in [-0.15, -0.1) is 0 Å². The van der Waals surface area contributed by atoms with Crippen LogP contribution in [-0.4, -0.2) is 31.2 Å². The zero-order valence-corrected chi connectivity index (χ0v) is 14.4. The van der Waals surface area contributed by atoms with Gasteiger partial charge in [0.1, 0.15) is 5.82 Å². The van der Waals surface area contributed by atoms with Crippen molar-refractivity contribution in [2.45, 2.75) is 31.6 Å². The van der Waals surface area contributed by atoms with E-state index < -0.39 is 5.79 Å².